The second kappa shape index (κ2) is 9.35. The molecule has 1 amide bonds. The van der Waals surface area contributed by atoms with Crippen molar-refractivity contribution in [2.45, 2.75) is 31.7 Å². The van der Waals surface area contributed by atoms with E-state index in [0.717, 1.165) is 11.1 Å². The van der Waals surface area contributed by atoms with E-state index in [1.165, 1.54) is 12.1 Å². The van der Waals surface area contributed by atoms with Crippen LogP contribution < -0.4 is 14.8 Å². The zero-order chi connectivity index (χ0) is 19.0. The van der Waals surface area contributed by atoms with Crippen molar-refractivity contribution in [2.75, 3.05) is 13.2 Å². The lowest BCUT2D eigenvalue weighted by Gasteiger charge is -2.09. The van der Waals surface area contributed by atoms with Gasteiger partial charge >= 0.3 is 0 Å². The molecular weight excluding hydrogens is 352 g/mol. The van der Waals surface area contributed by atoms with Crippen LogP contribution in [0, 0.1) is 6.92 Å². The number of nitrogens with one attached hydrogen (secondary N) is 2. The standard InChI is InChI=1S/C19H24N2O4S/c1-3-25-17-8-10-18(11-9-17)26(23,24)21-13-12-19(22)20-14-16-6-4-15(2)5-7-16/h4-11,21H,3,12-14H2,1-2H3,(H,20,22). The van der Waals surface area contributed by atoms with Crippen molar-refractivity contribution in [1.29, 1.82) is 0 Å². The Labute approximate surface area is 154 Å². The molecule has 2 aromatic carbocycles. The van der Waals surface area contributed by atoms with Crippen molar-refractivity contribution < 1.29 is 17.9 Å². The number of hydrogen-bond donors (Lipinski definition) is 2. The summed E-state index contributed by atoms with van der Waals surface area (Å²) in [5, 5.41) is 2.78. The van der Waals surface area contributed by atoms with Gasteiger partial charge in [0.1, 0.15) is 5.75 Å². The molecule has 0 saturated heterocycles. The topological polar surface area (TPSA) is 84.5 Å². The number of benzene rings is 2. The van der Waals surface area contributed by atoms with Crippen LogP contribution in [0.1, 0.15) is 24.5 Å². The second-order valence-corrected chi connectivity index (χ2v) is 7.58. The van der Waals surface area contributed by atoms with Gasteiger partial charge in [-0.05, 0) is 43.7 Å². The third kappa shape index (κ3) is 6.16. The normalized spacial score (nSPS) is 11.2. The zero-order valence-electron chi connectivity index (χ0n) is 15.0. The zero-order valence-corrected chi connectivity index (χ0v) is 15.8. The second-order valence-electron chi connectivity index (χ2n) is 5.81. The Balaban J connectivity index is 1.78. The monoisotopic (exact) mass is 376 g/mol. The first-order valence-electron chi connectivity index (χ1n) is 8.45. The minimum absolute atomic E-state index is 0.0370. The molecule has 0 bridgehead atoms. The molecular formula is C19H24N2O4S. The Bertz CT molecular complexity index is 816. The molecule has 0 saturated carbocycles. The fraction of sp³-hybridized carbons (Fsp3) is 0.316. The lowest BCUT2D eigenvalue weighted by Crippen LogP contribution is -2.30. The summed E-state index contributed by atoms with van der Waals surface area (Å²) < 4.78 is 32.1. The minimum Gasteiger partial charge on any atom is -0.494 e. The van der Waals surface area contributed by atoms with Gasteiger partial charge in [0, 0.05) is 19.5 Å². The highest BCUT2D eigenvalue weighted by Gasteiger charge is 2.14. The van der Waals surface area contributed by atoms with Gasteiger partial charge in [-0.25, -0.2) is 13.1 Å². The quantitative estimate of drug-likeness (QED) is 0.704. The molecule has 140 valence electrons. The highest BCUT2D eigenvalue weighted by molar-refractivity contribution is 7.89. The van der Waals surface area contributed by atoms with Gasteiger partial charge in [-0.15, -0.1) is 0 Å². The van der Waals surface area contributed by atoms with E-state index in [1.807, 2.05) is 38.1 Å². The van der Waals surface area contributed by atoms with Crippen molar-refractivity contribution in [3.63, 3.8) is 0 Å². The first-order valence-corrected chi connectivity index (χ1v) is 9.94. The van der Waals surface area contributed by atoms with Gasteiger partial charge in [-0.2, -0.15) is 0 Å². The first kappa shape index (κ1) is 19.9. The molecule has 0 spiro atoms. The SMILES string of the molecule is CCOc1ccc(S(=O)(=O)NCCC(=O)NCc2ccc(C)cc2)cc1. The lowest BCUT2D eigenvalue weighted by atomic mass is 10.1. The molecule has 0 unspecified atom stereocenters. The summed E-state index contributed by atoms with van der Waals surface area (Å²) in [6, 6.07) is 14.0. The minimum atomic E-state index is -3.65. The molecule has 26 heavy (non-hydrogen) atoms. The summed E-state index contributed by atoms with van der Waals surface area (Å²) in [4.78, 5) is 12.0. The summed E-state index contributed by atoms with van der Waals surface area (Å²) in [6.45, 7) is 4.83. The maximum atomic E-state index is 12.2. The van der Waals surface area contributed by atoms with Crippen LogP contribution in [-0.2, 0) is 21.4 Å². The number of amides is 1. The predicted octanol–water partition coefficient (Wildman–Crippen LogP) is 2.38. The van der Waals surface area contributed by atoms with Crippen molar-refractivity contribution in [3.05, 3.63) is 59.7 Å². The van der Waals surface area contributed by atoms with E-state index in [0.29, 0.717) is 18.9 Å². The van der Waals surface area contributed by atoms with Gasteiger partial charge in [0.2, 0.25) is 15.9 Å². The summed E-state index contributed by atoms with van der Waals surface area (Å²) in [6.07, 6.45) is 0.0715. The molecule has 0 radical (unpaired) electrons. The summed E-state index contributed by atoms with van der Waals surface area (Å²) >= 11 is 0. The molecule has 0 aliphatic carbocycles. The highest BCUT2D eigenvalue weighted by Crippen LogP contribution is 2.15. The fourth-order valence-electron chi connectivity index (χ4n) is 2.26. The average molecular weight is 376 g/mol. The van der Waals surface area contributed by atoms with Crippen LogP contribution in [0.5, 0.6) is 5.75 Å². The molecule has 2 aromatic rings. The lowest BCUT2D eigenvalue weighted by molar-refractivity contribution is -0.121. The van der Waals surface area contributed by atoms with Crippen LogP contribution in [0.3, 0.4) is 0 Å². The molecule has 0 atom stereocenters. The molecule has 0 aliphatic rings. The van der Waals surface area contributed by atoms with Crippen LogP contribution in [0.2, 0.25) is 0 Å². The van der Waals surface area contributed by atoms with Crippen LogP contribution in [0.25, 0.3) is 0 Å². The van der Waals surface area contributed by atoms with Crippen LogP contribution in [0.4, 0.5) is 0 Å². The van der Waals surface area contributed by atoms with Crippen molar-refractivity contribution in [3.8, 4) is 5.75 Å². The highest BCUT2D eigenvalue weighted by atomic mass is 32.2. The van der Waals surface area contributed by atoms with Crippen molar-refractivity contribution >= 4 is 15.9 Å². The number of ether oxygens (including phenoxy) is 1. The molecule has 2 N–H and O–H groups in total. The van der Waals surface area contributed by atoms with Gasteiger partial charge in [0.05, 0.1) is 11.5 Å². The van der Waals surface area contributed by atoms with E-state index in [2.05, 4.69) is 10.0 Å². The molecule has 0 aromatic heterocycles. The summed E-state index contributed by atoms with van der Waals surface area (Å²) in [7, 11) is -3.65. The number of sulfonamides is 1. The van der Waals surface area contributed by atoms with Gasteiger partial charge in [-0.3, -0.25) is 4.79 Å². The van der Waals surface area contributed by atoms with Crippen molar-refractivity contribution in [2.24, 2.45) is 0 Å². The van der Waals surface area contributed by atoms with Gasteiger partial charge in [0.25, 0.3) is 0 Å². The van der Waals surface area contributed by atoms with E-state index in [-0.39, 0.29) is 23.8 Å². The van der Waals surface area contributed by atoms with Gasteiger partial charge in [-0.1, -0.05) is 29.8 Å². The van der Waals surface area contributed by atoms with E-state index in [4.69, 9.17) is 4.74 Å². The first-order chi connectivity index (χ1) is 12.4. The maximum Gasteiger partial charge on any atom is 0.240 e. The Kier molecular flexibility index (Phi) is 7.17. The number of carbonyl (C=O) groups is 1. The number of aryl methyl sites for hydroxylation is 1. The fourth-order valence-corrected chi connectivity index (χ4v) is 3.29. The van der Waals surface area contributed by atoms with Gasteiger partial charge < -0.3 is 10.1 Å². The Morgan fingerprint density at radius 3 is 2.31 bits per heavy atom. The van der Waals surface area contributed by atoms with Crippen LogP contribution in [-0.4, -0.2) is 27.5 Å². The number of rotatable bonds is 9. The van der Waals surface area contributed by atoms with E-state index in [9.17, 15) is 13.2 Å². The Morgan fingerprint density at radius 2 is 1.69 bits per heavy atom. The summed E-state index contributed by atoms with van der Waals surface area (Å²) in [5.74, 6) is 0.405. The van der Waals surface area contributed by atoms with Crippen LogP contribution in [0.15, 0.2) is 53.4 Å². The van der Waals surface area contributed by atoms with Crippen LogP contribution >= 0.6 is 0 Å². The Hall–Kier alpha value is -2.38. The third-order valence-electron chi connectivity index (χ3n) is 3.70. The molecule has 0 aliphatic heterocycles. The van der Waals surface area contributed by atoms with E-state index >= 15 is 0 Å². The predicted molar refractivity (Wildman–Crippen MR) is 100 cm³/mol. The Morgan fingerprint density at radius 1 is 1.04 bits per heavy atom. The van der Waals surface area contributed by atoms with E-state index < -0.39 is 10.0 Å². The molecule has 7 heteroatoms. The smallest absolute Gasteiger partial charge is 0.240 e. The molecule has 0 fully saturated rings. The van der Waals surface area contributed by atoms with E-state index in [1.54, 1.807) is 12.1 Å². The molecule has 2 rings (SSSR count). The van der Waals surface area contributed by atoms with Crippen molar-refractivity contribution in [1.82, 2.24) is 10.0 Å². The average Bonchev–Trinajstić information content (AvgIpc) is 2.62. The number of carbonyl (C=O) groups excluding carboxylic acids is 1. The largest absolute Gasteiger partial charge is 0.494 e. The molecule has 0 heterocycles. The third-order valence-corrected chi connectivity index (χ3v) is 5.18. The maximum absolute atomic E-state index is 12.2. The number of hydrogen-bond acceptors (Lipinski definition) is 4. The van der Waals surface area contributed by atoms with Gasteiger partial charge in [0.15, 0.2) is 0 Å². The molecule has 6 nitrogen and oxygen atoms in total. The summed E-state index contributed by atoms with van der Waals surface area (Å²) in [5.41, 5.74) is 2.16.